The molecule has 0 aromatic heterocycles. The van der Waals surface area contributed by atoms with Crippen molar-refractivity contribution in [3.8, 4) is 0 Å². The quantitative estimate of drug-likeness (QED) is 0.354. The minimum atomic E-state index is -4.29. The number of rotatable bonds is 10. The molecule has 3 aromatic carbocycles. The van der Waals surface area contributed by atoms with Crippen molar-refractivity contribution in [1.82, 2.24) is 10.2 Å². The lowest BCUT2D eigenvalue weighted by atomic mass is 10.1. The Kier molecular flexibility index (Phi) is 9.76. The van der Waals surface area contributed by atoms with Gasteiger partial charge in [-0.3, -0.25) is 13.9 Å². The molecule has 3 rings (SSSR count). The number of carbonyl (C=O) groups excluding carboxylic acids is 2. The summed E-state index contributed by atoms with van der Waals surface area (Å²) >= 11 is 12.7. The molecule has 0 fully saturated rings. The van der Waals surface area contributed by atoms with Crippen molar-refractivity contribution < 1.29 is 22.4 Å². The third-order valence-corrected chi connectivity index (χ3v) is 8.21. The summed E-state index contributed by atoms with van der Waals surface area (Å²) < 4.78 is 41.7. The zero-order valence-electron chi connectivity index (χ0n) is 21.1. The Morgan fingerprint density at radius 2 is 1.47 bits per heavy atom. The van der Waals surface area contributed by atoms with Gasteiger partial charge < -0.3 is 10.2 Å². The summed E-state index contributed by atoms with van der Waals surface area (Å²) in [6.07, 6.45) is 0. The van der Waals surface area contributed by atoms with Gasteiger partial charge in [0.15, 0.2) is 0 Å². The molecular weight excluding hydrogens is 552 g/mol. The molecule has 0 aliphatic carbocycles. The molecule has 38 heavy (non-hydrogen) atoms. The summed E-state index contributed by atoms with van der Waals surface area (Å²) in [5.41, 5.74) is 0.640. The van der Waals surface area contributed by atoms with Crippen molar-refractivity contribution in [3.63, 3.8) is 0 Å². The van der Waals surface area contributed by atoms with Gasteiger partial charge in [0.2, 0.25) is 11.8 Å². The van der Waals surface area contributed by atoms with Crippen molar-refractivity contribution in [3.05, 3.63) is 94.2 Å². The number of nitrogens with one attached hydrogen (secondary N) is 1. The van der Waals surface area contributed by atoms with Crippen LogP contribution in [-0.2, 0) is 26.2 Å². The first-order chi connectivity index (χ1) is 17.9. The van der Waals surface area contributed by atoms with E-state index in [1.165, 1.54) is 4.90 Å². The third kappa shape index (κ3) is 7.03. The van der Waals surface area contributed by atoms with Crippen LogP contribution in [0.3, 0.4) is 0 Å². The molecule has 0 aliphatic heterocycles. The van der Waals surface area contributed by atoms with E-state index in [0.717, 1.165) is 28.6 Å². The Bertz CT molecular complexity index is 1370. The van der Waals surface area contributed by atoms with Crippen molar-refractivity contribution in [1.29, 1.82) is 0 Å². The van der Waals surface area contributed by atoms with Crippen LogP contribution in [0.4, 0.5) is 10.1 Å². The molecule has 0 saturated heterocycles. The van der Waals surface area contributed by atoms with E-state index in [9.17, 15) is 22.4 Å². The average Bonchev–Trinajstić information content (AvgIpc) is 2.87. The first-order valence-corrected chi connectivity index (χ1v) is 14.0. The fraction of sp³-hybridized carbons (Fsp3) is 0.259. The Morgan fingerprint density at radius 3 is 2.03 bits per heavy atom. The highest BCUT2D eigenvalue weighted by atomic mass is 35.5. The van der Waals surface area contributed by atoms with Crippen molar-refractivity contribution in [2.24, 2.45) is 0 Å². The molecule has 3 aromatic rings. The molecule has 2 amide bonds. The standard InChI is InChI=1S/C27H28Cl2FN3O4S/c1-18(2)31-27(35)19(3)32(16-23-24(28)10-7-11-25(23)29)26(34)17-33(21-8-5-4-6-9-21)38(36,37)22-14-12-20(30)13-15-22/h4-15,18-19H,16-17H2,1-3H3,(H,31,35)/t19-/m1/s1. The molecule has 0 bridgehead atoms. The minimum absolute atomic E-state index is 0.136. The number of benzene rings is 3. The highest BCUT2D eigenvalue weighted by Gasteiger charge is 2.33. The summed E-state index contributed by atoms with van der Waals surface area (Å²) in [6, 6.07) is 16.1. The number of hydrogen-bond donors (Lipinski definition) is 1. The summed E-state index contributed by atoms with van der Waals surface area (Å²) in [7, 11) is -4.29. The number of amides is 2. The van der Waals surface area contributed by atoms with Crippen LogP contribution in [0.25, 0.3) is 0 Å². The van der Waals surface area contributed by atoms with Crippen LogP contribution in [0, 0.1) is 5.82 Å². The van der Waals surface area contributed by atoms with Gasteiger partial charge in [-0.15, -0.1) is 0 Å². The first-order valence-electron chi connectivity index (χ1n) is 11.8. The minimum Gasteiger partial charge on any atom is -0.352 e. The van der Waals surface area contributed by atoms with Crippen LogP contribution >= 0.6 is 23.2 Å². The van der Waals surface area contributed by atoms with E-state index in [0.29, 0.717) is 15.6 Å². The molecule has 11 heteroatoms. The lowest BCUT2D eigenvalue weighted by Crippen LogP contribution is -2.52. The predicted molar refractivity (Wildman–Crippen MR) is 147 cm³/mol. The van der Waals surface area contributed by atoms with Gasteiger partial charge in [0.25, 0.3) is 10.0 Å². The van der Waals surface area contributed by atoms with E-state index in [2.05, 4.69) is 5.32 Å². The second-order valence-electron chi connectivity index (χ2n) is 8.86. The molecule has 7 nitrogen and oxygen atoms in total. The molecule has 0 saturated carbocycles. The topological polar surface area (TPSA) is 86.8 Å². The van der Waals surface area contributed by atoms with Crippen LogP contribution in [0.15, 0.2) is 77.7 Å². The van der Waals surface area contributed by atoms with Crippen molar-refractivity contribution in [2.45, 2.75) is 44.3 Å². The van der Waals surface area contributed by atoms with Crippen molar-refractivity contribution >= 4 is 50.7 Å². The Hall–Kier alpha value is -3.14. The number of hydrogen-bond acceptors (Lipinski definition) is 4. The zero-order chi connectivity index (χ0) is 28.0. The summed E-state index contributed by atoms with van der Waals surface area (Å²) in [6.45, 7) is 4.35. The third-order valence-electron chi connectivity index (χ3n) is 5.71. The van der Waals surface area contributed by atoms with Gasteiger partial charge in [-0.25, -0.2) is 12.8 Å². The fourth-order valence-electron chi connectivity index (χ4n) is 3.70. The van der Waals surface area contributed by atoms with Crippen LogP contribution in [0.5, 0.6) is 0 Å². The Morgan fingerprint density at radius 1 is 0.895 bits per heavy atom. The van der Waals surface area contributed by atoms with Gasteiger partial charge in [-0.1, -0.05) is 47.5 Å². The summed E-state index contributed by atoms with van der Waals surface area (Å²) in [4.78, 5) is 27.8. The monoisotopic (exact) mass is 579 g/mol. The lowest BCUT2D eigenvalue weighted by molar-refractivity contribution is -0.139. The smallest absolute Gasteiger partial charge is 0.264 e. The number of anilines is 1. The lowest BCUT2D eigenvalue weighted by Gasteiger charge is -2.32. The van der Waals surface area contributed by atoms with E-state index in [1.54, 1.807) is 69.3 Å². The maximum Gasteiger partial charge on any atom is 0.264 e. The van der Waals surface area contributed by atoms with Gasteiger partial charge in [-0.2, -0.15) is 0 Å². The van der Waals surface area contributed by atoms with Crippen LogP contribution in [-0.4, -0.2) is 43.8 Å². The Labute approximate surface area is 232 Å². The van der Waals surface area contributed by atoms with E-state index in [1.807, 2.05) is 0 Å². The molecule has 0 heterocycles. The first kappa shape index (κ1) is 29.4. The predicted octanol–water partition coefficient (Wildman–Crippen LogP) is 5.27. The SMILES string of the molecule is CC(C)NC(=O)[C@@H](C)N(Cc1c(Cl)cccc1Cl)C(=O)CN(c1ccccc1)S(=O)(=O)c1ccc(F)cc1. The maximum atomic E-state index is 13.8. The number of sulfonamides is 1. The second kappa shape index (κ2) is 12.6. The summed E-state index contributed by atoms with van der Waals surface area (Å²) in [5.74, 6) is -1.69. The largest absolute Gasteiger partial charge is 0.352 e. The van der Waals surface area contributed by atoms with Gasteiger partial charge in [0.1, 0.15) is 18.4 Å². The molecule has 0 radical (unpaired) electrons. The maximum absolute atomic E-state index is 13.8. The van der Waals surface area contributed by atoms with Crippen LogP contribution in [0.2, 0.25) is 10.0 Å². The molecule has 1 atom stereocenters. The highest BCUT2D eigenvalue weighted by molar-refractivity contribution is 7.92. The Balaban J connectivity index is 2.04. The zero-order valence-corrected chi connectivity index (χ0v) is 23.4. The van der Waals surface area contributed by atoms with Gasteiger partial charge in [-0.05, 0) is 69.3 Å². The van der Waals surface area contributed by atoms with E-state index < -0.39 is 40.2 Å². The second-order valence-corrected chi connectivity index (χ2v) is 11.5. The summed E-state index contributed by atoms with van der Waals surface area (Å²) in [5, 5.41) is 3.37. The van der Waals surface area contributed by atoms with Crippen LogP contribution in [0.1, 0.15) is 26.3 Å². The van der Waals surface area contributed by atoms with Gasteiger partial charge in [0, 0.05) is 28.2 Å². The highest BCUT2D eigenvalue weighted by Crippen LogP contribution is 2.28. The van der Waals surface area contributed by atoms with Crippen molar-refractivity contribution in [2.75, 3.05) is 10.8 Å². The van der Waals surface area contributed by atoms with Gasteiger partial charge >= 0.3 is 0 Å². The van der Waals surface area contributed by atoms with E-state index in [-0.39, 0.29) is 23.2 Å². The van der Waals surface area contributed by atoms with E-state index >= 15 is 0 Å². The van der Waals surface area contributed by atoms with E-state index in [4.69, 9.17) is 23.2 Å². The fourth-order valence-corrected chi connectivity index (χ4v) is 5.63. The molecule has 0 unspecified atom stereocenters. The molecule has 0 aliphatic rings. The van der Waals surface area contributed by atoms with Gasteiger partial charge in [0.05, 0.1) is 10.6 Å². The molecular formula is C27H28Cl2FN3O4S. The number of nitrogens with zero attached hydrogens (tertiary/aromatic N) is 2. The number of halogens is 3. The normalized spacial score (nSPS) is 12.2. The molecule has 0 spiro atoms. The number of para-hydroxylation sites is 1. The molecule has 202 valence electrons. The van der Waals surface area contributed by atoms with Crippen LogP contribution < -0.4 is 9.62 Å². The average molecular weight is 581 g/mol. The number of carbonyl (C=O) groups is 2. The molecule has 1 N–H and O–H groups in total.